The van der Waals surface area contributed by atoms with Crippen molar-refractivity contribution < 1.29 is 13.2 Å². The number of amides is 1. The highest BCUT2D eigenvalue weighted by Crippen LogP contribution is 2.26. The van der Waals surface area contributed by atoms with Gasteiger partial charge in [0.25, 0.3) is 0 Å². The molecule has 0 spiro atoms. The molecule has 0 aliphatic carbocycles. The lowest BCUT2D eigenvalue weighted by atomic mass is 10.0. The number of nitrogens with zero attached hydrogens (tertiary/aromatic N) is 2. The molecular formula is C21H21N3O3S2. The van der Waals surface area contributed by atoms with Gasteiger partial charge in [-0.1, -0.05) is 18.2 Å². The second kappa shape index (κ2) is 8.34. The number of rotatable bonds is 6. The molecule has 2 heterocycles. The molecule has 0 saturated carbocycles. The summed E-state index contributed by atoms with van der Waals surface area (Å²) < 4.78 is 25.0. The van der Waals surface area contributed by atoms with Crippen LogP contribution < -0.4 is 10.2 Å². The van der Waals surface area contributed by atoms with Gasteiger partial charge in [-0.05, 0) is 48.7 Å². The van der Waals surface area contributed by atoms with Gasteiger partial charge in [-0.3, -0.25) is 4.79 Å². The quantitative estimate of drug-likeness (QED) is 0.651. The van der Waals surface area contributed by atoms with Crippen LogP contribution in [0, 0.1) is 0 Å². The lowest BCUT2D eigenvalue weighted by molar-refractivity contribution is -0.115. The molecule has 0 unspecified atom stereocenters. The van der Waals surface area contributed by atoms with Crippen LogP contribution in [0.5, 0.6) is 0 Å². The Morgan fingerprint density at radius 2 is 1.93 bits per heavy atom. The number of aryl methyl sites for hydroxylation is 1. The first-order valence-corrected chi connectivity index (χ1v) is 11.9. The van der Waals surface area contributed by atoms with Gasteiger partial charge >= 0.3 is 0 Å². The SMILES string of the molecule is O=C(CN1CCCc2ccccc21)Nc1ccc(S(=O)(=O)Cc2nccs2)cc1. The molecule has 0 radical (unpaired) electrons. The van der Waals surface area contributed by atoms with Gasteiger partial charge in [0.1, 0.15) is 10.8 Å². The van der Waals surface area contributed by atoms with Crippen molar-refractivity contribution in [2.75, 3.05) is 23.3 Å². The molecule has 8 heteroatoms. The zero-order valence-corrected chi connectivity index (χ0v) is 17.4. The van der Waals surface area contributed by atoms with Gasteiger partial charge in [-0.25, -0.2) is 13.4 Å². The molecule has 29 heavy (non-hydrogen) atoms. The Morgan fingerprint density at radius 1 is 1.14 bits per heavy atom. The van der Waals surface area contributed by atoms with Crippen molar-refractivity contribution in [3.05, 3.63) is 70.7 Å². The Bertz CT molecular complexity index is 1090. The maximum atomic E-state index is 12.5. The summed E-state index contributed by atoms with van der Waals surface area (Å²) in [5.41, 5.74) is 2.95. The lowest BCUT2D eigenvalue weighted by Gasteiger charge is -2.30. The van der Waals surface area contributed by atoms with Crippen molar-refractivity contribution in [1.29, 1.82) is 0 Å². The summed E-state index contributed by atoms with van der Waals surface area (Å²) in [6, 6.07) is 14.4. The van der Waals surface area contributed by atoms with Gasteiger partial charge in [-0.15, -0.1) is 11.3 Å². The third-order valence-electron chi connectivity index (χ3n) is 4.84. The topological polar surface area (TPSA) is 79.4 Å². The van der Waals surface area contributed by atoms with Gasteiger partial charge < -0.3 is 10.2 Å². The predicted octanol–water partition coefficient (Wildman–Crippen LogP) is 3.51. The van der Waals surface area contributed by atoms with Gasteiger partial charge in [-0.2, -0.15) is 0 Å². The molecule has 4 rings (SSSR count). The highest BCUT2D eigenvalue weighted by Gasteiger charge is 2.19. The molecule has 0 bridgehead atoms. The minimum absolute atomic E-state index is 0.120. The highest BCUT2D eigenvalue weighted by molar-refractivity contribution is 7.90. The molecule has 0 atom stereocenters. The van der Waals surface area contributed by atoms with E-state index >= 15 is 0 Å². The minimum Gasteiger partial charge on any atom is -0.362 e. The maximum Gasteiger partial charge on any atom is 0.243 e. The zero-order chi connectivity index (χ0) is 20.3. The fraction of sp³-hybridized carbons (Fsp3) is 0.238. The fourth-order valence-electron chi connectivity index (χ4n) is 3.47. The number of anilines is 2. The monoisotopic (exact) mass is 427 g/mol. The number of hydrogen-bond donors (Lipinski definition) is 1. The predicted molar refractivity (Wildman–Crippen MR) is 115 cm³/mol. The van der Waals surface area contributed by atoms with Crippen LogP contribution in [-0.2, 0) is 26.8 Å². The van der Waals surface area contributed by atoms with E-state index in [0.717, 1.165) is 25.1 Å². The Morgan fingerprint density at radius 3 is 2.69 bits per heavy atom. The summed E-state index contributed by atoms with van der Waals surface area (Å²) in [5, 5.41) is 5.17. The van der Waals surface area contributed by atoms with E-state index in [9.17, 15) is 13.2 Å². The summed E-state index contributed by atoms with van der Waals surface area (Å²) in [4.78, 5) is 18.8. The van der Waals surface area contributed by atoms with E-state index in [0.29, 0.717) is 10.7 Å². The molecule has 1 aliphatic rings. The molecule has 0 fully saturated rings. The van der Waals surface area contributed by atoms with Crippen LogP contribution in [0.4, 0.5) is 11.4 Å². The molecule has 0 saturated heterocycles. The Balaban J connectivity index is 1.40. The molecule has 2 aromatic carbocycles. The van der Waals surface area contributed by atoms with Crippen LogP contribution in [0.3, 0.4) is 0 Å². The Kier molecular flexibility index (Phi) is 5.64. The number of fused-ring (bicyclic) bond motifs is 1. The van der Waals surface area contributed by atoms with E-state index in [-0.39, 0.29) is 23.1 Å². The smallest absolute Gasteiger partial charge is 0.243 e. The first kappa shape index (κ1) is 19.6. The van der Waals surface area contributed by atoms with Crippen LogP contribution >= 0.6 is 11.3 Å². The highest BCUT2D eigenvalue weighted by atomic mass is 32.2. The first-order chi connectivity index (χ1) is 14.0. The van der Waals surface area contributed by atoms with Crippen molar-refractivity contribution in [3.8, 4) is 0 Å². The number of hydrogen-bond acceptors (Lipinski definition) is 6. The van der Waals surface area contributed by atoms with Crippen molar-refractivity contribution in [2.45, 2.75) is 23.5 Å². The summed E-state index contributed by atoms with van der Waals surface area (Å²) in [6.07, 6.45) is 3.65. The first-order valence-electron chi connectivity index (χ1n) is 9.35. The lowest BCUT2D eigenvalue weighted by Crippen LogP contribution is -2.36. The third kappa shape index (κ3) is 4.65. The van der Waals surface area contributed by atoms with Crippen LogP contribution in [0.25, 0.3) is 0 Å². The second-order valence-corrected chi connectivity index (χ2v) is 9.88. The number of thiazole rings is 1. The van der Waals surface area contributed by atoms with Crippen molar-refractivity contribution in [1.82, 2.24) is 4.98 Å². The molecule has 150 valence electrons. The zero-order valence-electron chi connectivity index (χ0n) is 15.7. The van der Waals surface area contributed by atoms with Gasteiger partial charge in [0.2, 0.25) is 5.91 Å². The Hall–Kier alpha value is -2.71. The minimum atomic E-state index is -3.46. The van der Waals surface area contributed by atoms with Gasteiger partial charge in [0, 0.05) is 29.5 Å². The second-order valence-electron chi connectivity index (χ2n) is 6.91. The third-order valence-corrected chi connectivity index (χ3v) is 7.44. The fourth-order valence-corrected chi connectivity index (χ4v) is 5.72. The standard InChI is InChI=1S/C21H21N3O3S2/c25-20(14-24-12-3-5-16-4-1-2-6-19(16)24)23-17-7-9-18(10-8-17)29(26,27)15-21-22-11-13-28-21/h1-2,4,6-11,13H,3,5,12,14-15H2,(H,23,25). The molecule has 1 aromatic heterocycles. The van der Waals surface area contributed by atoms with Crippen molar-refractivity contribution in [3.63, 3.8) is 0 Å². The molecule has 1 N–H and O–H groups in total. The van der Waals surface area contributed by atoms with Gasteiger partial charge in [0.05, 0.1) is 11.4 Å². The van der Waals surface area contributed by atoms with E-state index in [1.54, 1.807) is 23.7 Å². The normalized spacial score (nSPS) is 13.7. The number of para-hydroxylation sites is 1. The average molecular weight is 428 g/mol. The number of aromatic nitrogens is 1. The van der Waals surface area contributed by atoms with Crippen LogP contribution in [0.15, 0.2) is 65.0 Å². The maximum absolute atomic E-state index is 12.5. The van der Waals surface area contributed by atoms with Gasteiger partial charge in [0.15, 0.2) is 9.84 Å². The van der Waals surface area contributed by atoms with Crippen molar-refractivity contribution in [2.24, 2.45) is 0 Å². The molecule has 1 aliphatic heterocycles. The number of sulfone groups is 1. The van der Waals surface area contributed by atoms with E-state index in [1.165, 1.54) is 29.0 Å². The average Bonchev–Trinajstić information content (AvgIpc) is 3.21. The summed E-state index contributed by atoms with van der Waals surface area (Å²) >= 11 is 1.32. The number of carbonyl (C=O) groups excluding carboxylic acids is 1. The van der Waals surface area contributed by atoms with Crippen LogP contribution in [0.1, 0.15) is 17.0 Å². The van der Waals surface area contributed by atoms with Crippen LogP contribution in [-0.4, -0.2) is 32.4 Å². The summed E-state index contributed by atoms with van der Waals surface area (Å²) in [5.74, 6) is -0.245. The van der Waals surface area contributed by atoms with Crippen LogP contribution in [0.2, 0.25) is 0 Å². The molecule has 1 amide bonds. The van der Waals surface area contributed by atoms with E-state index in [2.05, 4.69) is 21.3 Å². The molecular weight excluding hydrogens is 406 g/mol. The number of nitrogens with one attached hydrogen (secondary N) is 1. The summed E-state index contributed by atoms with van der Waals surface area (Å²) in [6.45, 7) is 1.11. The van der Waals surface area contributed by atoms with E-state index in [1.807, 2.05) is 18.2 Å². The van der Waals surface area contributed by atoms with Crippen molar-refractivity contribution >= 4 is 38.5 Å². The summed E-state index contributed by atoms with van der Waals surface area (Å²) in [7, 11) is -3.46. The largest absolute Gasteiger partial charge is 0.362 e. The number of benzene rings is 2. The molecule has 3 aromatic rings. The number of carbonyl (C=O) groups is 1. The molecule has 6 nitrogen and oxygen atoms in total. The Labute approximate surface area is 174 Å². The van der Waals surface area contributed by atoms with E-state index in [4.69, 9.17) is 0 Å². The van der Waals surface area contributed by atoms with E-state index < -0.39 is 9.84 Å².